The number of H-pyrrole nitrogens is 1. The van der Waals surface area contributed by atoms with Crippen molar-refractivity contribution in [2.24, 2.45) is 0 Å². The molecule has 0 aliphatic carbocycles. The minimum Gasteiger partial charge on any atom is -0.383 e. The number of ether oxygens (including phenoxy) is 1. The van der Waals surface area contributed by atoms with E-state index in [0.29, 0.717) is 18.0 Å². The molecule has 0 saturated carbocycles. The summed E-state index contributed by atoms with van der Waals surface area (Å²) in [5.41, 5.74) is 10.7. The largest absolute Gasteiger partial charge is 0.383 e. The number of hydrogen-bond acceptors (Lipinski definition) is 6. The molecule has 0 radical (unpaired) electrons. The maximum Gasteiger partial charge on any atom is 0.274 e. The Morgan fingerprint density at radius 1 is 1.30 bits per heavy atom. The first-order chi connectivity index (χ1) is 14.5. The highest BCUT2D eigenvalue weighted by Gasteiger charge is 2.21. The fraction of sp³-hybridized carbons (Fsp3) is 0.238. The van der Waals surface area contributed by atoms with Crippen LogP contribution in [0.3, 0.4) is 0 Å². The van der Waals surface area contributed by atoms with Gasteiger partial charge in [-0.3, -0.25) is 4.79 Å². The molecule has 0 saturated heterocycles. The monoisotopic (exact) mass is 405 g/mol. The van der Waals surface area contributed by atoms with E-state index in [2.05, 4.69) is 25.3 Å². The van der Waals surface area contributed by atoms with Crippen molar-refractivity contribution < 1.29 is 9.53 Å². The Balaban J connectivity index is 1.85. The second-order valence-electron chi connectivity index (χ2n) is 7.11. The van der Waals surface area contributed by atoms with E-state index in [-0.39, 0.29) is 17.6 Å². The minimum atomic E-state index is -0.399. The quantitative estimate of drug-likeness (QED) is 0.453. The fourth-order valence-corrected chi connectivity index (χ4v) is 3.31. The molecule has 0 aliphatic heterocycles. The van der Waals surface area contributed by atoms with Crippen LogP contribution in [0.25, 0.3) is 28.3 Å². The van der Waals surface area contributed by atoms with E-state index in [1.807, 2.05) is 48.7 Å². The molecule has 154 valence electrons. The lowest BCUT2D eigenvalue weighted by Gasteiger charge is -2.15. The first-order valence-electron chi connectivity index (χ1n) is 9.53. The molecule has 1 atom stereocenters. The number of imidazole rings is 1. The average molecular weight is 405 g/mol. The minimum absolute atomic E-state index is 0.0605. The van der Waals surface area contributed by atoms with Crippen LogP contribution >= 0.6 is 0 Å². The van der Waals surface area contributed by atoms with Crippen molar-refractivity contribution in [3.8, 4) is 22.6 Å². The summed E-state index contributed by atoms with van der Waals surface area (Å²) < 4.78 is 7.05. The third-order valence-electron chi connectivity index (χ3n) is 4.75. The smallest absolute Gasteiger partial charge is 0.274 e. The van der Waals surface area contributed by atoms with Gasteiger partial charge < -0.3 is 25.2 Å². The van der Waals surface area contributed by atoms with Crippen LogP contribution in [0.5, 0.6) is 0 Å². The first kappa shape index (κ1) is 19.6. The number of aromatic nitrogens is 5. The molecular weight excluding hydrogens is 382 g/mol. The zero-order chi connectivity index (χ0) is 21.3. The molecule has 4 rings (SSSR count). The van der Waals surface area contributed by atoms with E-state index in [1.165, 1.54) is 0 Å². The number of nitrogens with one attached hydrogen (secondary N) is 2. The molecule has 0 bridgehead atoms. The number of nitrogens with zero attached hydrogens (tertiary/aromatic N) is 4. The number of amides is 1. The van der Waals surface area contributed by atoms with Gasteiger partial charge in [-0.1, -0.05) is 0 Å². The van der Waals surface area contributed by atoms with Crippen LogP contribution in [0, 0.1) is 6.92 Å². The molecule has 1 amide bonds. The van der Waals surface area contributed by atoms with Crippen LogP contribution in [0.15, 0.2) is 42.9 Å². The van der Waals surface area contributed by atoms with E-state index in [9.17, 15) is 4.79 Å². The number of aryl methyl sites for hydroxylation is 1. The number of nitrogen functional groups attached to an aromatic ring is 1. The Morgan fingerprint density at radius 3 is 2.87 bits per heavy atom. The van der Waals surface area contributed by atoms with Crippen molar-refractivity contribution in [1.82, 2.24) is 29.7 Å². The molecule has 4 aromatic rings. The Kier molecular flexibility index (Phi) is 5.20. The van der Waals surface area contributed by atoms with Crippen LogP contribution in [-0.4, -0.2) is 50.0 Å². The molecule has 0 unspecified atom stereocenters. The number of nitrogens with two attached hydrogens (primary N) is 1. The molecule has 0 aromatic carbocycles. The van der Waals surface area contributed by atoms with E-state index in [4.69, 9.17) is 10.5 Å². The zero-order valence-corrected chi connectivity index (χ0v) is 17.0. The highest BCUT2D eigenvalue weighted by atomic mass is 16.5. The second-order valence-corrected chi connectivity index (χ2v) is 7.11. The topological polar surface area (TPSA) is 123 Å². The molecule has 4 aromatic heterocycles. The lowest BCUT2D eigenvalue weighted by Crippen LogP contribution is -2.36. The fourth-order valence-electron chi connectivity index (χ4n) is 3.31. The number of anilines is 1. The van der Waals surface area contributed by atoms with Gasteiger partial charge in [-0.15, -0.1) is 0 Å². The number of methoxy groups -OCH3 is 1. The number of pyridine rings is 1. The molecule has 0 spiro atoms. The Bertz CT molecular complexity index is 1200. The van der Waals surface area contributed by atoms with Gasteiger partial charge in [-0.25, -0.2) is 15.0 Å². The van der Waals surface area contributed by atoms with Gasteiger partial charge in [0.2, 0.25) is 0 Å². The normalized spacial score (nSPS) is 12.2. The van der Waals surface area contributed by atoms with E-state index >= 15 is 0 Å². The third kappa shape index (κ3) is 3.62. The van der Waals surface area contributed by atoms with Crippen LogP contribution in [0.1, 0.15) is 23.1 Å². The Morgan fingerprint density at radius 2 is 2.13 bits per heavy atom. The number of fused-ring (bicyclic) bond motifs is 1. The summed E-state index contributed by atoms with van der Waals surface area (Å²) in [6, 6.07) is 7.37. The van der Waals surface area contributed by atoms with Crippen molar-refractivity contribution in [1.29, 1.82) is 0 Å². The molecular formula is C21H23N7O2. The van der Waals surface area contributed by atoms with E-state index in [0.717, 1.165) is 22.6 Å². The third-order valence-corrected chi connectivity index (χ3v) is 4.75. The molecule has 0 aliphatic rings. The van der Waals surface area contributed by atoms with Gasteiger partial charge >= 0.3 is 0 Å². The van der Waals surface area contributed by atoms with Crippen LogP contribution in [0.2, 0.25) is 0 Å². The highest BCUT2D eigenvalue weighted by Crippen LogP contribution is 2.30. The van der Waals surface area contributed by atoms with Crippen molar-refractivity contribution in [3.63, 3.8) is 0 Å². The zero-order valence-electron chi connectivity index (χ0n) is 17.0. The average Bonchev–Trinajstić information content (AvgIpc) is 3.38. The van der Waals surface area contributed by atoms with Gasteiger partial charge in [-0.2, -0.15) is 0 Å². The highest BCUT2D eigenvalue weighted by molar-refractivity contribution is 5.98. The van der Waals surface area contributed by atoms with Crippen molar-refractivity contribution in [3.05, 3.63) is 54.2 Å². The standard InChI is InChI=1S/C21H23N7O2/c1-12(11-30-3)25-21(29)19-20(22)27-18(15-5-4-8-23-15)17(26-19)14-6-7-16-24-9-13(2)28(16)10-14/h4-10,12,23H,11H2,1-3H3,(H2,22,27)(H,25,29)/t12-/m1/s1. The van der Waals surface area contributed by atoms with Gasteiger partial charge in [0.15, 0.2) is 11.5 Å². The number of aromatic amines is 1. The van der Waals surface area contributed by atoms with E-state index < -0.39 is 5.91 Å². The lowest BCUT2D eigenvalue weighted by atomic mass is 10.1. The molecule has 9 heteroatoms. The van der Waals surface area contributed by atoms with Crippen molar-refractivity contribution in [2.45, 2.75) is 19.9 Å². The van der Waals surface area contributed by atoms with Crippen molar-refractivity contribution >= 4 is 17.4 Å². The SMILES string of the molecule is COC[C@@H](C)NC(=O)c1nc(-c2ccc3ncc(C)n3c2)c(-c2ccc[nH]2)nc1N. The maximum atomic E-state index is 12.8. The molecule has 4 N–H and O–H groups in total. The molecule has 30 heavy (non-hydrogen) atoms. The molecule has 0 fully saturated rings. The Hall–Kier alpha value is -3.72. The van der Waals surface area contributed by atoms with Gasteiger partial charge in [0, 0.05) is 43.0 Å². The summed E-state index contributed by atoms with van der Waals surface area (Å²) in [7, 11) is 1.58. The summed E-state index contributed by atoms with van der Waals surface area (Å²) in [6.45, 7) is 4.19. The summed E-state index contributed by atoms with van der Waals surface area (Å²) >= 11 is 0. The predicted molar refractivity (Wildman–Crippen MR) is 114 cm³/mol. The molecule has 4 heterocycles. The lowest BCUT2D eigenvalue weighted by molar-refractivity contribution is 0.0901. The summed E-state index contributed by atoms with van der Waals surface area (Å²) in [5, 5.41) is 2.84. The van der Waals surface area contributed by atoms with Gasteiger partial charge in [-0.05, 0) is 38.1 Å². The number of hydrogen-bond donors (Lipinski definition) is 3. The van der Waals surface area contributed by atoms with Gasteiger partial charge in [0.1, 0.15) is 17.0 Å². The predicted octanol–water partition coefficient (Wildman–Crippen LogP) is 2.44. The van der Waals surface area contributed by atoms with Gasteiger partial charge in [0.05, 0.1) is 12.3 Å². The van der Waals surface area contributed by atoms with Crippen molar-refractivity contribution in [2.75, 3.05) is 19.5 Å². The van der Waals surface area contributed by atoms with Crippen LogP contribution in [-0.2, 0) is 4.74 Å². The maximum absolute atomic E-state index is 12.8. The second kappa shape index (κ2) is 7.96. The molecule has 9 nitrogen and oxygen atoms in total. The number of rotatable bonds is 6. The summed E-state index contributed by atoms with van der Waals surface area (Å²) in [6.07, 6.45) is 5.53. The number of carbonyl (C=O) groups excluding carboxylic acids is 1. The first-order valence-corrected chi connectivity index (χ1v) is 9.53. The van der Waals surface area contributed by atoms with Crippen LogP contribution < -0.4 is 11.1 Å². The van der Waals surface area contributed by atoms with Gasteiger partial charge in [0.25, 0.3) is 5.91 Å². The Labute approximate surface area is 173 Å². The van der Waals surface area contributed by atoms with E-state index in [1.54, 1.807) is 19.5 Å². The number of carbonyl (C=O) groups is 1. The summed E-state index contributed by atoms with van der Waals surface area (Å²) in [4.78, 5) is 29.4. The summed E-state index contributed by atoms with van der Waals surface area (Å²) in [5.74, 6) is -0.339. The van der Waals surface area contributed by atoms with Crippen LogP contribution in [0.4, 0.5) is 5.82 Å².